The number of amides is 1. The molecule has 0 spiro atoms. The van der Waals surface area contributed by atoms with E-state index in [9.17, 15) is 4.79 Å². The summed E-state index contributed by atoms with van der Waals surface area (Å²) in [6.45, 7) is 1.50. The van der Waals surface area contributed by atoms with Crippen molar-refractivity contribution < 1.29 is 9.53 Å². The van der Waals surface area contributed by atoms with Gasteiger partial charge in [0.2, 0.25) is 5.91 Å². The van der Waals surface area contributed by atoms with Gasteiger partial charge in [0.25, 0.3) is 0 Å². The quantitative estimate of drug-likeness (QED) is 0.834. The van der Waals surface area contributed by atoms with Gasteiger partial charge in [-0.05, 0) is 37.1 Å². The molecule has 1 aromatic heterocycles. The van der Waals surface area contributed by atoms with E-state index in [1.165, 1.54) is 0 Å². The number of likely N-dealkylation sites (tertiary alicyclic amines) is 1. The average molecular weight is 340 g/mol. The maximum atomic E-state index is 13.2. The minimum Gasteiger partial charge on any atom is -0.497 e. The lowest BCUT2D eigenvalue weighted by Crippen LogP contribution is -2.52. The highest BCUT2D eigenvalue weighted by molar-refractivity contribution is 5.87. The third-order valence-electron chi connectivity index (χ3n) is 4.76. The maximum absolute atomic E-state index is 13.2. The fourth-order valence-corrected chi connectivity index (χ4v) is 3.60. The van der Waals surface area contributed by atoms with E-state index in [2.05, 4.69) is 20.9 Å². The molecule has 2 aromatic rings. The van der Waals surface area contributed by atoms with E-state index in [0.717, 1.165) is 30.7 Å². The van der Waals surface area contributed by atoms with E-state index < -0.39 is 5.54 Å². The maximum Gasteiger partial charge on any atom is 0.248 e. The van der Waals surface area contributed by atoms with E-state index in [4.69, 9.17) is 4.74 Å². The first-order chi connectivity index (χ1) is 12.1. The Morgan fingerprint density at radius 2 is 2.20 bits per heavy atom. The lowest BCUT2D eigenvalue weighted by molar-refractivity contribution is -0.141. The third-order valence-corrected chi connectivity index (χ3v) is 4.76. The molecule has 0 N–H and O–H groups in total. The SMILES string of the molecule is COc1cccc(CN2CCC[C@@]2(C(=O)N(C)C)c2cnccn2)c1. The highest BCUT2D eigenvalue weighted by atomic mass is 16.5. The van der Waals surface area contributed by atoms with Crippen LogP contribution in [0.4, 0.5) is 0 Å². The second-order valence-corrected chi connectivity index (χ2v) is 6.53. The summed E-state index contributed by atoms with van der Waals surface area (Å²) in [5, 5.41) is 0. The molecule has 0 aliphatic carbocycles. The van der Waals surface area contributed by atoms with Crippen molar-refractivity contribution in [3.63, 3.8) is 0 Å². The smallest absolute Gasteiger partial charge is 0.248 e. The molecule has 25 heavy (non-hydrogen) atoms. The van der Waals surface area contributed by atoms with Crippen LogP contribution in [0.1, 0.15) is 24.1 Å². The van der Waals surface area contributed by atoms with E-state index in [0.29, 0.717) is 12.2 Å². The zero-order chi connectivity index (χ0) is 17.9. The molecular weight excluding hydrogens is 316 g/mol. The molecular formula is C19H24N4O2. The van der Waals surface area contributed by atoms with Crippen molar-refractivity contribution in [1.82, 2.24) is 19.8 Å². The van der Waals surface area contributed by atoms with Gasteiger partial charge in [-0.1, -0.05) is 12.1 Å². The lowest BCUT2D eigenvalue weighted by atomic mass is 9.90. The molecule has 6 heteroatoms. The van der Waals surface area contributed by atoms with Crippen LogP contribution in [0.15, 0.2) is 42.9 Å². The van der Waals surface area contributed by atoms with Crippen molar-refractivity contribution in [3.8, 4) is 5.75 Å². The summed E-state index contributed by atoms with van der Waals surface area (Å²) in [6.07, 6.45) is 6.69. The number of rotatable bonds is 5. The monoisotopic (exact) mass is 340 g/mol. The molecule has 1 aliphatic rings. The lowest BCUT2D eigenvalue weighted by Gasteiger charge is -2.38. The van der Waals surface area contributed by atoms with Crippen LogP contribution in [-0.2, 0) is 16.9 Å². The van der Waals surface area contributed by atoms with Crippen LogP contribution in [0.3, 0.4) is 0 Å². The highest BCUT2D eigenvalue weighted by Gasteiger charge is 2.50. The topological polar surface area (TPSA) is 58.6 Å². The van der Waals surface area contributed by atoms with Crippen LogP contribution >= 0.6 is 0 Å². The molecule has 1 atom stereocenters. The van der Waals surface area contributed by atoms with Gasteiger partial charge in [-0.3, -0.25) is 19.7 Å². The first-order valence-electron chi connectivity index (χ1n) is 8.44. The number of benzene rings is 1. The van der Waals surface area contributed by atoms with E-state index in [1.54, 1.807) is 44.7 Å². The Bertz CT molecular complexity index is 735. The Morgan fingerprint density at radius 3 is 2.88 bits per heavy atom. The molecule has 1 aromatic carbocycles. The highest BCUT2D eigenvalue weighted by Crippen LogP contribution is 2.40. The minimum atomic E-state index is -0.763. The Morgan fingerprint density at radius 1 is 1.36 bits per heavy atom. The zero-order valence-electron chi connectivity index (χ0n) is 15.0. The second-order valence-electron chi connectivity index (χ2n) is 6.53. The van der Waals surface area contributed by atoms with Crippen LogP contribution < -0.4 is 4.74 Å². The Labute approximate surface area is 148 Å². The van der Waals surface area contributed by atoms with Crippen LogP contribution in [-0.4, -0.2) is 53.4 Å². The second kappa shape index (κ2) is 7.19. The Kier molecular flexibility index (Phi) is 4.99. The molecule has 1 amide bonds. The number of likely N-dealkylation sites (N-methyl/N-ethyl adjacent to an activating group) is 1. The number of carbonyl (C=O) groups excluding carboxylic acids is 1. The first kappa shape index (κ1) is 17.4. The minimum absolute atomic E-state index is 0.0494. The standard InChI is InChI=1S/C19H24N4O2/c1-22(2)18(24)19(17-13-20-9-10-21-17)8-5-11-23(19)14-15-6-4-7-16(12-15)25-3/h4,6-7,9-10,12-13H,5,8,11,14H2,1-3H3/t19-/m0/s1. The number of aromatic nitrogens is 2. The number of carbonyl (C=O) groups is 1. The summed E-state index contributed by atoms with van der Waals surface area (Å²) in [6, 6.07) is 7.97. The van der Waals surface area contributed by atoms with Gasteiger partial charge in [-0.15, -0.1) is 0 Å². The Hall–Kier alpha value is -2.47. The van der Waals surface area contributed by atoms with Crippen molar-refractivity contribution >= 4 is 5.91 Å². The number of methoxy groups -OCH3 is 1. The van der Waals surface area contributed by atoms with Crippen molar-refractivity contribution in [2.24, 2.45) is 0 Å². The first-order valence-corrected chi connectivity index (χ1v) is 8.44. The average Bonchev–Trinajstić information content (AvgIpc) is 3.06. The van der Waals surface area contributed by atoms with Gasteiger partial charge >= 0.3 is 0 Å². The molecule has 0 bridgehead atoms. The van der Waals surface area contributed by atoms with Crippen molar-refractivity contribution in [2.75, 3.05) is 27.7 Å². The third kappa shape index (κ3) is 3.22. The molecule has 3 rings (SSSR count). The van der Waals surface area contributed by atoms with Gasteiger partial charge in [0.15, 0.2) is 0 Å². The summed E-state index contributed by atoms with van der Waals surface area (Å²) >= 11 is 0. The molecule has 0 radical (unpaired) electrons. The fourth-order valence-electron chi connectivity index (χ4n) is 3.60. The molecule has 132 valence electrons. The van der Waals surface area contributed by atoms with Crippen LogP contribution in [0.5, 0.6) is 5.75 Å². The number of nitrogens with zero attached hydrogens (tertiary/aromatic N) is 4. The van der Waals surface area contributed by atoms with E-state index >= 15 is 0 Å². The zero-order valence-corrected chi connectivity index (χ0v) is 15.0. The molecule has 1 aliphatic heterocycles. The summed E-state index contributed by atoms with van der Waals surface area (Å²) in [4.78, 5) is 25.7. The van der Waals surface area contributed by atoms with Crippen LogP contribution in [0.25, 0.3) is 0 Å². The van der Waals surface area contributed by atoms with Gasteiger partial charge < -0.3 is 9.64 Å². The van der Waals surface area contributed by atoms with Gasteiger partial charge in [0.1, 0.15) is 11.3 Å². The molecule has 1 fully saturated rings. The molecule has 1 saturated heterocycles. The van der Waals surface area contributed by atoms with E-state index in [1.807, 2.05) is 18.2 Å². The van der Waals surface area contributed by atoms with Crippen molar-refractivity contribution in [1.29, 1.82) is 0 Å². The largest absolute Gasteiger partial charge is 0.497 e. The van der Waals surface area contributed by atoms with Crippen LogP contribution in [0, 0.1) is 0 Å². The predicted octanol–water partition coefficient (Wildman–Crippen LogP) is 2.06. The summed E-state index contributed by atoms with van der Waals surface area (Å²) < 4.78 is 5.33. The Balaban J connectivity index is 2.00. The van der Waals surface area contributed by atoms with Gasteiger partial charge in [-0.2, -0.15) is 0 Å². The van der Waals surface area contributed by atoms with Crippen molar-refractivity contribution in [3.05, 3.63) is 54.1 Å². The van der Waals surface area contributed by atoms with E-state index in [-0.39, 0.29) is 5.91 Å². The fraction of sp³-hybridized carbons (Fsp3) is 0.421. The van der Waals surface area contributed by atoms with Gasteiger partial charge in [-0.25, -0.2) is 0 Å². The normalized spacial score (nSPS) is 20.4. The summed E-state index contributed by atoms with van der Waals surface area (Å²) in [7, 11) is 5.25. The predicted molar refractivity (Wildman–Crippen MR) is 95.0 cm³/mol. The summed E-state index contributed by atoms with van der Waals surface area (Å²) in [5.74, 6) is 0.870. The van der Waals surface area contributed by atoms with Gasteiger partial charge in [0, 0.05) is 33.0 Å². The molecule has 0 saturated carbocycles. The number of hydrogen-bond donors (Lipinski definition) is 0. The van der Waals surface area contributed by atoms with Crippen LogP contribution in [0.2, 0.25) is 0 Å². The summed E-state index contributed by atoms with van der Waals surface area (Å²) in [5.41, 5.74) is 1.07. The van der Waals surface area contributed by atoms with Crippen molar-refractivity contribution in [2.45, 2.75) is 24.9 Å². The number of hydrogen-bond acceptors (Lipinski definition) is 5. The molecule has 2 heterocycles. The number of ether oxygens (including phenoxy) is 1. The molecule has 0 unspecified atom stereocenters. The molecule has 6 nitrogen and oxygen atoms in total. The van der Waals surface area contributed by atoms with Gasteiger partial charge in [0.05, 0.1) is 19.0 Å².